The Labute approximate surface area is 110 Å². The number of nitro groups is 1. The third kappa shape index (κ3) is 2.14. The van der Waals surface area contributed by atoms with Crippen molar-refractivity contribution in [1.29, 1.82) is 0 Å². The van der Waals surface area contributed by atoms with Crippen molar-refractivity contribution < 1.29 is 10.0 Å². The maximum absolute atomic E-state index is 10.7. The number of benzene rings is 1. The molecule has 19 heavy (non-hydrogen) atoms. The molecule has 1 heterocycles. The van der Waals surface area contributed by atoms with Crippen LogP contribution in [0.2, 0.25) is 0 Å². The molecule has 1 aliphatic heterocycles. The molecule has 0 unspecified atom stereocenters. The standard InChI is InChI=1S/C13H15N3O3/c17-12-7-8(5-6-11(12)16(18)19)13-14-9-3-1-2-4-10(9)15-13/h5-7,9-10,17H,1-4H2,(H,14,15)/t9-,10+. The molecule has 0 bridgehead atoms. The minimum absolute atomic E-state index is 0.278. The predicted octanol–water partition coefficient (Wildman–Crippen LogP) is 1.96. The molecule has 0 amide bonds. The van der Waals surface area contributed by atoms with E-state index < -0.39 is 4.92 Å². The van der Waals surface area contributed by atoms with Crippen LogP contribution in [0.1, 0.15) is 31.2 Å². The molecule has 3 rings (SSSR count). The maximum atomic E-state index is 10.7. The highest BCUT2D eigenvalue weighted by Gasteiger charge is 2.31. The first-order valence-corrected chi connectivity index (χ1v) is 6.47. The Bertz CT molecular complexity index is 556. The number of aromatic hydroxyl groups is 1. The Balaban J connectivity index is 1.87. The number of hydrogen-bond acceptors (Lipinski definition) is 5. The lowest BCUT2D eigenvalue weighted by molar-refractivity contribution is -0.385. The minimum atomic E-state index is -0.594. The fraction of sp³-hybridized carbons (Fsp3) is 0.462. The van der Waals surface area contributed by atoms with Gasteiger partial charge < -0.3 is 10.4 Å². The van der Waals surface area contributed by atoms with E-state index in [0.29, 0.717) is 17.6 Å². The molecule has 0 saturated heterocycles. The van der Waals surface area contributed by atoms with Crippen LogP contribution in [0, 0.1) is 10.1 Å². The van der Waals surface area contributed by atoms with Crippen LogP contribution in [-0.2, 0) is 0 Å². The molecular weight excluding hydrogens is 246 g/mol. The number of fused-ring (bicyclic) bond motifs is 1. The lowest BCUT2D eigenvalue weighted by Gasteiger charge is -2.23. The van der Waals surface area contributed by atoms with Gasteiger partial charge in [-0.15, -0.1) is 0 Å². The monoisotopic (exact) mass is 261 g/mol. The first kappa shape index (κ1) is 12.0. The van der Waals surface area contributed by atoms with Gasteiger partial charge in [0.05, 0.1) is 11.0 Å². The van der Waals surface area contributed by atoms with Gasteiger partial charge in [0.25, 0.3) is 0 Å². The molecule has 6 nitrogen and oxygen atoms in total. The van der Waals surface area contributed by atoms with Crippen molar-refractivity contribution in [2.24, 2.45) is 4.99 Å². The average Bonchev–Trinajstić information content (AvgIpc) is 2.81. The third-order valence-corrected chi connectivity index (χ3v) is 3.79. The largest absolute Gasteiger partial charge is 0.502 e. The predicted molar refractivity (Wildman–Crippen MR) is 70.5 cm³/mol. The van der Waals surface area contributed by atoms with Crippen molar-refractivity contribution in [2.45, 2.75) is 37.8 Å². The van der Waals surface area contributed by atoms with Crippen LogP contribution in [0.15, 0.2) is 23.2 Å². The molecule has 1 saturated carbocycles. The Hall–Kier alpha value is -2.11. The highest BCUT2D eigenvalue weighted by molar-refractivity contribution is 6.01. The van der Waals surface area contributed by atoms with Gasteiger partial charge in [0.15, 0.2) is 5.75 Å². The van der Waals surface area contributed by atoms with Crippen molar-refractivity contribution >= 4 is 11.5 Å². The van der Waals surface area contributed by atoms with E-state index in [0.717, 1.165) is 18.7 Å². The van der Waals surface area contributed by atoms with Crippen LogP contribution in [0.3, 0.4) is 0 Å². The Morgan fingerprint density at radius 2 is 2.16 bits per heavy atom. The first-order valence-electron chi connectivity index (χ1n) is 6.47. The number of nitro benzene ring substituents is 1. The molecule has 100 valence electrons. The second-order valence-corrected chi connectivity index (χ2v) is 5.04. The summed E-state index contributed by atoms with van der Waals surface area (Å²) >= 11 is 0. The average molecular weight is 261 g/mol. The minimum Gasteiger partial charge on any atom is -0.502 e. The van der Waals surface area contributed by atoms with Crippen molar-refractivity contribution in [3.63, 3.8) is 0 Å². The number of rotatable bonds is 2. The molecule has 2 atom stereocenters. The van der Waals surface area contributed by atoms with Gasteiger partial charge in [-0.05, 0) is 25.0 Å². The number of nitrogens with zero attached hydrogens (tertiary/aromatic N) is 2. The van der Waals surface area contributed by atoms with Gasteiger partial charge in [0.1, 0.15) is 5.84 Å². The van der Waals surface area contributed by atoms with Crippen molar-refractivity contribution in [2.75, 3.05) is 0 Å². The fourth-order valence-corrected chi connectivity index (χ4v) is 2.80. The normalized spacial score (nSPS) is 25.4. The number of nitrogens with one attached hydrogen (secondary N) is 1. The molecule has 0 radical (unpaired) electrons. The van der Waals surface area contributed by atoms with E-state index in [1.807, 2.05) is 0 Å². The van der Waals surface area contributed by atoms with Crippen molar-refractivity contribution in [3.05, 3.63) is 33.9 Å². The summed E-state index contributed by atoms with van der Waals surface area (Å²) in [6, 6.07) is 5.03. The summed E-state index contributed by atoms with van der Waals surface area (Å²) in [4.78, 5) is 14.7. The van der Waals surface area contributed by atoms with E-state index >= 15 is 0 Å². The summed E-state index contributed by atoms with van der Waals surface area (Å²) in [5.74, 6) is 0.420. The zero-order valence-electron chi connectivity index (χ0n) is 10.4. The molecule has 6 heteroatoms. The van der Waals surface area contributed by atoms with E-state index in [-0.39, 0.29) is 11.4 Å². The topological polar surface area (TPSA) is 87.8 Å². The number of aliphatic imine (C=N–C) groups is 1. The zero-order chi connectivity index (χ0) is 13.4. The van der Waals surface area contributed by atoms with Crippen LogP contribution in [0.25, 0.3) is 0 Å². The lowest BCUT2D eigenvalue weighted by atomic mass is 9.92. The second-order valence-electron chi connectivity index (χ2n) is 5.04. The fourth-order valence-electron chi connectivity index (χ4n) is 2.80. The van der Waals surface area contributed by atoms with Gasteiger partial charge in [-0.1, -0.05) is 12.8 Å². The van der Waals surface area contributed by atoms with Crippen molar-refractivity contribution in [1.82, 2.24) is 5.32 Å². The molecule has 1 fully saturated rings. The van der Waals surface area contributed by atoms with Crippen LogP contribution < -0.4 is 5.32 Å². The number of phenols is 1. The van der Waals surface area contributed by atoms with Gasteiger partial charge >= 0.3 is 5.69 Å². The summed E-state index contributed by atoms with van der Waals surface area (Å²) in [5, 5.41) is 23.7. The summed E-state index contributed by atoms with van der Waals surface area (Å²) in [6.45, 7) is 0. The quantitative estimate of drug-likeness (QED) is 0.629. The maximum Gasteiger partial charge on any atom is 0.310 e. The summed E-state index contributed by atoms with van der Waals surface area (Å²) in [5.41, 5.74) is 0.428. The molecule has 1 aromatic rings. The van der Waals surface area contributed by atoms with E-state index in [1.165, 1.54) is 25.0 Å². The smallest absolute Gasteiger partial charge is 0.310 e. The van der Waals surface area contributed by atoms with E-state index in [9.17, 15) is 15.2 Å². The summed E-state index contributed by atoms with van der Waals surface area (Å²) in [7, 11) is 0. The van der Waals surface area contributed by atoms with Gasteiger partial charge in [-0.25, -0.2) is 0 Å². The van der Waals surface area contributed by atoms with Crippen molar-refractivity contribution in [3.8, 4) is 5.75 Å². The lowest BCUT2D eigenvalue weighted by Crippen LogP contribution is -2.36. The number of amidine groups is 1. The first-order chi connectivity index (χ1) is 9.15. The summed E-state index contributed by atoms with van der Waals surface area (Å²) in [6.07, 6.45) is 4.60. The SMILES string of the molecule is O=[N+]([O-])c1ccc(C2=N[C@H]3CCCC[C@H]3N2)cc1O. The molecule has 1 aromatic carbocycles. The Morgan fingerprint density at radius 3 is 2.84 bits per heavy atom. The van der Waals surface area contributed by atoms with E-state index in [1.54, 1.807) is 6.07 Å². The second kappa shape index (κ2) is 4.53. The zero-order valence-corrected chi connectivity index (χ0v) is 10.4. The van der Waals surface area contributed by atoms with Crippen LogP contribution in [0.5, 0.6) is 5.75 Å². The Morgan fingerprint density at radius 1 is 1.37 bits per heavy atom. The third-order valence-electron chi connectivity index (χ3n) is 3.79. The number of phenolic OH excluding ortho intramolecular Hbond substituents is 1. The van der Waals surface area contributed by atoms with Gasteiger partial charge in [-0.2, -0.15) is 0 Å². The molecular formula is C13H15N3O3. The molecule has 0 spiro atoms. The number of hydrogen-bond donors (Lipinski definition) is 2. The van der Waals surface area contributed by atoms with Gasteiger partial charge in [-0.3, -0.25) is 15.1 Å². The van der Waals surface area contributed by atoms with E-state index in [4.69, 9.17) is 0 Å². The van der Waals surface area contributed by atoms with Crippen LogP contribution >= 0.6 is 0 Å². The molecule has 1 aliphatic carbocycles. The molecule has 2 aliphatic rings. The molecule has 0 aromatic heterocycles. The Kier molecular flexibility index (Phi) is 2.85. The van der Waals surface area contributed by atoms with Crippen LogP contribution in [-0.4, -0.2) is 27.9 Å². The highest BCUT2D eigenvalue weighted by atomic mass is 16.6. The van der Waals surface area contributed by atoms with Gasteiger partial charge in [0.2, 0.25) is 0 Å². The summed E-state index contributed by atoms with van der Waals surface area (Å²) < 4.78 is 0. The molecule has 2 N–H and O–H groups in total. The highest BCUT2D eigenvalue weighted by Crippen LogP contribution is 2.29. The van der Waals surface area contributed by atoms with Gasteiger partial charge in [0, 0.05) is 17.7 Å². The van der Waals surface area contributed by atoms with Crippen LogP contribution in [0.4, 0.5) is 5.69 Å². The van der Waals surface area contributed by atoms with E-state index in [2.05, 4.69) is 10.3 Å².